The lowest BCUT2D eigenvalue weighted by atomic mass is 9.61. The number of aliphatic hydroxyl groups is 1. The van der Waals surface area contributed by atoms with E-state index in [9.17, 15) is 14.3 Å². The molecule has 0 saturated heterocycles. The highest BCUT2D eigenvalue weighted by Crippen LogP contribution is 2.50. The first-order valence-electron chi connectivity index (χ1n) is 7.81. The van der Waals surface area contributed by atoms with Gasteiger partial charge >= 0.3 is 0 Å². The van der Waals surface area contributed by atoms with Gasteiger partial charge in [-0.25, -0.2) is 4.39 Å². The molecule has 116 valence electrons. The summed E-state index contributed by atoms with van der Waals surface area (Å²) in [4.78, 5) is 12.6. The van der Waals surface area contributed by atoms with E-state index in [1.54, 1.807) is 31.2 Å². The molecule has 2 aliphatic carbocycles. The van der Waals surface area contributed by atoms with Crippen LogP contribution in [-0.2, 0) is 4.79 Å². The van der Waals surface area contributed by atoms with Crippen LogP contribution in [0.15, 0.2) is 41.0 Å². The molecule has 0 amide bonds. The summed E-state index contributed by atoms with van der Waals surface area (Å²) in [5.41, 5.74) is 2.44. The van der Waals surface area contributed by atoms with Crippen LogP contribution in [0.25, 0.3) is 6.08 Å². The van der Waals surface area contributed by atoms with Gasteiger partial charge in [-0.05, 0) is 61.3 Å². The van der Waals surface area contributed by atoms with E-state index in [0.29, 0.717) is 23.1 Å². The predicted molar refractivity (Wildman–Crippen MR) is 84.7 cm³/mol. The molecule has 0 unspecified atom stereocenters. The number of ketones is 1. The average molecular weight is 300 g/mol. The molecule has 2 atom stereocenters. The van der Waals surface area contributed by atoms with Crippen LogP contribution in [-0.4, -0.2) is 17.0 Å². The summed E-state index contributed by atoms with van der Waals surface area (Å²) in [5, 5.41) is 10.3. The van der Waals surface area contributed by atoms with Crippen molar-refractivity contribution in [2.45, 2.75) is 45.6 Å². The molecule has 3 rings (SSSR count). The number of hydrogen-bond acceptors (Lipinski definition) is 2. The Balaban J connectivity index is 2.07. The molecule has 1 aromatic carbocycles. The van der Waals surface area contributed by atoms with E-state index in [-0.39, 0.29) is 17.0 Å². The summed E-state index contributed by atoms with van der Waals surface area (Å²) >= 11 is 0. The highest BCUT2D eigenvalue weighted by molar-refractivity contribution is 6.12. The number of carbonyl (C=O) groups excluding carboxylic acids is 1. The molecule has 0 heterocycles. The number of allylic oxidation sites excluding steroid dienone is 2. The standard InChI is InChI=1S/C19H21FO2/c1-12-17-16(21)8-5-9-19(17,2)11-14(18(12)22)10-13-6-3-4-7-15(13)20/h3-4,6-7,10,16,21H,5,8-9,11H2,1-2H3/t16-,19-/m0/s1. The van der Waals surface area contributed by atoms with E-state index in [4.69, 9.17) is 0 Å². The smallest absolute Gasteiger partial charge is 0.184 e. The molecule has 0 aromatic heterocycles. The van der Waals surface area contributed by atoms with Crippen LogP contribution in [0.3, 0.4) is 0 Å². The van der Waals surface area contributed by atoms with E-state index >= 15 is 0 Å². The molecule has 2 aliphatic rings. The molecule has 0 bridgehead atoms. The maximum atomic E-state index is 13.9. The molecule has 0 aliphatic heterocycles. The molecule has 3 heteroatoms. The molecule has 22 heavy (non-hydrogen) atoms. The zero-order chi connectivity index (χ0) is 15.9. The lowest BCUT2D eigenvalue weighted by molar-refractivity contribution is -0.113. The van der Waals surface area contributed by atoms with Crippen molar-refractivity contribution in [2.24, 2.45) is 5.41 Å². The van der Waals surface area contributed by atoms with Gasteiger partial charge in [0.15, 0.2) is 5.78 Å². The van der Waals surface area contributed by atoms with Crippen LogP contribution < -0.4 is 0 Å². The molecule has 0 radical (unpaired) electrons. The number of benzene rings is 1. The van der Waals surface area contributed by atoms with Gasteiger partial charge in [-0.15, -0.1) is 0 Å². The first kappa shape index (κ1) is 15.2. The quantitative estimate of drug-likeness (QED) is 0.794. The van der Waals surface area contributed by atoms with Gasteiger partial charge in [0.05, 0.1) is 6.10 Å². The molecule has 1 fully saturated rings. The maximum absolute atomic E-state index is 13.9. The van der Waals surface area contributed by atoms with Crippen LogP contribution in [0.1, 0.15) is 45.1 Å². The normalized spacial score (nSPS) is 30.6. The Kier molecular flexibility index (Phi) is 3.77. The largest absolute Gasteiger partial charge is 0.389 e. The maximum Gasteiger partial charge on any atom is 0.184 e. The molecule has 1 aromatic rings. The van der Waals surface area contributed by atoms with Crippen molar-refractivity contribution < 1.29 is 14.3 Å². The van der Waals surface area contributed by atoms with Gasteiger partial charge < -0.3 is 5.11 Å². The number of rotatable bonds is 1. The van der Waals surface area contributed by atoms with Crippen molar-refractivity contribution in [1.29, 1.82) is 0 Å². The van der Waals surface area contributed by atoms with Crippen molar-refractivity contribution in [3.05, 3.63) is 52.4 Å². The van der Waals surface area contributed by atoms with Crippen molar-refractivity contribution in [3.8, 4) is 0 Å². The zero-order valence-electron chi connectivity index (χ0n) is 13.0. The van der Waals surface area contributed by atoms with Gasteiger partial charge in [0.1, 0.15) is 5.82 Å². The van der Waals surface area contributed by atoms with Crippen molar-refractivity contribution in [1.82, 2.24) is 0 Å². The van der Waals surface area contributed by atoms with E-state index in [0.717, 1.165) is 24.8 Å². The van der Waals surface area contributed by atoms with Gasteiger partial charge in [0.25, 0.3) is 0 Å². The van der Waals surface area contributed by atoms with E-state index in [1.165, 1.54) is 6.07 Å². The van der Waals surface area contributed by atoms with Crippen LogP contribution in [0, 0.1) is 11.2 Å². The Morgan fingerprint density at radius 2 is 2.09 bits per heavy atom. The lowest BCUT2D eigenvalue weighted by Crippen LogP contribution is -2.38. The van der Waals surface area contributed by atoms with Crippen LogP contribution in [0.4, 0.5) is 4.39 Å². The zero-order valence-corrected chi connectivity index (χ0v) is 13.0. The Bertz CT molecular complexity index is 686. The third kappa shape index (κ3) is 2.44. The summed E-state index contributed by atoms with van der Waals surface area (Å²) in [6.07, 6.45) is 4.36. The second-order valence-electron chi connectivity index (χ2n) is 6.70. The van der Waals surface area contributed by atoms with Crippen LogP contribution in [0.2, 0.25) is 0 Å². The fraction of sp³-hybridized carbons (Fsp3) is 0.421. The first-order chi connectivity index (χ1) is 10.4. The molecule has 2 nitrogen and oxygen atoms in total. The predicted octanol–water partition coefficient (Wildman–Crippen LogP) is 4.05. The summed E-state index contributed by atoms with van der Waals surface area (Å²) < 4.78 is 13.9. The SMILES string of the molecule is CC1=C2[C@@H](O)CCC[C@@]2(C)CC(=Cc2ccccc2F)C1=O. The molecular formula is C19H21FO2. The summed E-state index contributed by atoms with van der Waals surface area (Å²) in [5.74, 6) is -0.374. The highest BCUT2D eigenvalue weighted by Gasteiger charge is 2.43. The Morgan fingerprint density at radius 1 is 1.36 bits per heavy atom. The number of Topliss-reactive ketones (excluding diaryl/α,β-unsaturated/α-hetero) is 1. The van der Waals surface area contributed by atoms with Crippen molar-refractivity contribution in [3.63, 3.8) is 0 Å². The van der Waals surface area contributed by atoms with E-state index < -0.39 is 6.10 Å². The minimum absolute atomic E-state index is 0.0586. The van der Waals surface area contributed by atoms with Crippen molar-refractivity contribution >= 4 is 11.9 Å². The Hall–Kier alpha value is -1.74. The Morgan fingerprint density at radius 3 is 2.82 bits per heavy atom. The number of aliphatic hydroxyl groups excluding tert-OH is 1. The van der Waals surface area contributed by atoms with Gasteiger partial charge in [0.2, 0.25) is 0 Å². The summed E-state index contributed by atoms with van der Waals surface area (Å²) in [7, 11) is 0. The second-order valence-corrected chi connectivity index (χ2v) is 6.70. The minimum Gasteiger partial charge on any atom is -0.389 e. The number of carbonyl (C=O) groups is 1. The summed E-state index contributed by atoms with van der Waals surface area (Å²) in [6, 6.07) is 6.49. The average Bonchev–Trinajstić information content (AvgIpc) is 2.46. The molecular weight excluding hydrogens is 279 g/mol. The van der Waals surface area contributed by atoms with Gasteiger partial charge in [-0.2, -0.15) is 0 Å². The fourth-order valence-corrected chi connectivity index (χ4v) is 4.01. The van der Waals surface area contributed by atoms with E-state index in [2.05, 4.69) is 6.92 Å². The van der Waals surface area contributed by atoms with Crippen LogP contribution in [0.5, 0.6) is 0 Å². The molecule has 0 spiro atoms. The summed E-state index contributed by atoms with van der Waals surface area (Å²) in [6.45, 7) is 3.90. The van der Waals surface area contributed by atoms with E-state index in [1.807, 2.05) is 0 Å². The third-order valence-corrected chi connectivity index (χ3v) is 5.04. The van der Waals surface area contributed by atoms with Gasteiger partial charge in [0, 0.05) is 11.1 Å². The number of fused-ring (bicyclic) bond motifs is 1. The number of halogens is 1. The monoisotopic (exact) mass is 300 g/mol. The van der Waals surface area contributed by atoms with Gasteiger partial charge in [-0.3, -0.25) is 4.79 Å². The first-order valence-corrected chi connectivity index (χ1v) is 7.81. The Labute approximate surface area is 130 Å². The molecule has 1 N–H and O–H groups in total. The lowest BCUT2D eigenvalue weighted by Gasteiger charge is -2.44. The third-order valence-electron chi connectivity index (χ3n) is 5.04. The highest BCUT2D eigenvalue weighted by atomic mass is 19.1. The van der Waals surface area contributed by atoms with Crippen molar-refractivity contribution in [2.75, 3.05) is 0 Å². The van der Waals surface area contributed by atoms with Crippen LogP contribution >= 0.6 is 0 Å². The topological polar surface area (TPSA) is 37.3 Å². The molecule has 1 saturated carbocycles. The minimum atomic E-state index is -0.516. The number of hydrogen-bond donors (Lipinski definition) is 1. The second kappa shape index (κ2) is 5.47. The fourth-order valence-electron chi connectivity index (χ4n) is 4.01. The van der Waals surface area contributed by atoms with Gasteiger partial charge in [-0.1, -0.05) is 25.1 Å².